The second-order valence-corrected chi connectivity index (χ2v) is 5.61. The van der Waals surface area contributed by atoms with Gasteiger partial charge in [0.05, 0.1) is 7.11 Å². The van der Waals surface area contributed by atoms with Crippen LogP contribution in [0.4, 0.5) is 10.5 Å². The van der Waals surface area contributed by atoms with E-state index in [-0.39, 0.29) is 5.91 Å². The summed E-state index contributed by atoms with van der Waals surface area (Å²) >= 11 is 0. The van der Waals surface area contributed by atoms with Crippen molar-refractivity contribution in [2.75, 3.05) is 18.6 Å². The van der Waals surface area contributed by atoms with E-state index in [4.69, 9.17) is 9.94 Å². The van der Waals surface area contributed by atoms with Gasteiger partial charge in [-0.15, -0.1) is 0 Å². The molecular formula is C19H23N3O4. The van der Waals surface area contributed by atoms with Gasteiger partial charge in [-0.25, -0.2) is 10.3 Å². The SMILES string of the molecule is CCN(C(=O)[C@H](Cc1ccccc1)NC(=O)NO)c1ccc(OC)cc1. The Kier molecular flexibility index (Phi) is 6.99. The number of carbonyl (C=O) groups excluding carboxylic acids is 2. The molecule has 2 rings (SSSR count). The van der Waals surface area contributed by atoms with E-state index in [1.807, 2.05) is 37.3 Å². The number of benzene rings is 2. The molecule has 7 nitrogen and oxygen atoms in total. The summed E-state index contributed by atoms with van der Waals surface area (Å²) in [7, 11) is 1.57. The van der Waals surface area contributed by atoms with Gasteiger partial charge < -0.3 is 15.0 Å². The van der Waals surface area contributed by atoms with E-state index in [1.54, 1.807) is 36.3 Å². The van der Waals surface area contributed by atoms with Gasteiger partial charge in [-0.3, -0.25) is 10.0 Å². The highest BCUT2D eigenvalue weighted by molar-refractivity contribution is 5.99. The van der Waals surface area contributed by atoms with Gasteiger partial charge in [0.15, 0.2) is 0 Å². The third kappa shape index (κ3) is 4.97. The number of anilines is 1. The largest absolute Gasteiger partial charge is 0.497 e. The van der Waals surface area contributed by atoms with Crippen molar-refractivity contribution >= 4 is 17.6 Å². The summed E-state index contributed by atoms with van der Waals surface area (Å²) in [5.74, 6) is 0.418. The number of methoxy groups -OCH3 is 1. The number of hydrogen-bond acceptors (Lipinski definition) is 4. The Morgan fingerprint density at radius 3 is 2.31 bits per heavy atom. The van der Waals surface area contributed by atoms with Gasteiger partial charge in [-0.1, -0.05) is 30.3 Å². The lowest BCUT2D eigenvalue weighted by atomic mass is 10.0. The standard InChI is InChI=1S/C19H23N3O4/c1-3-22(15-9-11-16(26-2)12-10-15)18(23)17(20-19(24)21-25)13-14-7-5-4-6-8-14/h4-12,17,25H,3,13H2,1-2H3,(H2,20,21,24)/t17-/m0/s1. The lowest BCUT2D eigenvalue weighted by Gasteiger charge is -2.27. The van der Waals surface area contributed by atoms with E-state index in [9.17, 15) is 9.59 Å². The van der Waals surface area contributed by atoms with Crippen molar-refractivity contribution in [3.8, 4) is 5.75 Å². The summed E-state index contributed by atoms with van der Waals surface area (Å²) in [4.78, 5) is 26.2. The monoisotopic (exact) mass is 357 g/mol. The molecule has 0 aliphatic carbocycles. The minimum atomic E-state index is -0.829. The Morgan fingerprint density at radius 1 is 1.12 bits per heavy atom. The second-order valence-electron chi connectivity index (χ2n) is 5.61. The first-order chi connectivity index (χ1) is 12.6. The molecule has 0 bridgehead atoms. The molecule has 0 spiro atoms. The quantitative estimate of drug-likeness (QED) is 0.524. The highest BCUT2D eigenvalue weighted by Crippen LogP contribution is 2.20. The maximum atomic E-state index is 13.1. The third-order valence-corrected chi connectivity index (χ3v) is 3.95. The van der Waals surface area contributed by atoms with Crippen LogP contribution in [0.2, 0.25) is 0 Å². The number of amides is 3. The van der Waals surface area contributed by atoms with E-state index in [2.05, 4.69) is 5.32 Å². The summed E-state index contributed by atoms with van der Waals surface area (Å²) in [6, 6.07) is 14.8. The van der Waals surface area contributed by atoms with Crippen molar-refractivity contribution in [2.24, 2.45) is 0 Å². The Balaban J connectivity index is 2.24. The molecule has 0 heterocycles. The lowest BCUT2D eigenvalue weighted by Crippen LogP contribution is -2.52. The van der Waals surface area contributed by atoms with Crippen LogP contribution in [0.3, 0.4) is 0 Å². The second kappa shape index (κ2) is 9.43. The molecule has 0 aliphatic rings. The topological polar surface area (TPSA) is 90.9 Å². The minimum Gasteiger partial charge on any atom is -0.497 e. The van der Waals surface area contributed by atoms with Gasteiger partial charge in [0, 0.05) is 18.7 Å². The first-order valence-electron chi connectivity index (χ1n) is 8.29. The molecule has 0 aromatic heterocycles. The first-order valence-corrected chi connectivity index (χ1v) is 8.29. The molecule has 138 valence electrons. The van der Waals surface area contributed by atoms with Crippen LogP contribution in [0.15, 0.2) is 54.6 Å². The zero-order chi connectivity index (χ0) is 18.9. The zero-order valence-corrected chi connectivity index (χ0v) is 14.8. The molecule has 0 aliphatic heterocycles. The number of hydrogen-bond donors (Lipinski definition) is 3. The van der Waals surface area contributed by atoms with Gasteiger partial charge in [0.25, 0.3) is 0 Å². The van der Waals surface area contributed by atoms with Gasteiger partial charge in [-0.2, -0.15) is 0 Å². The first kappa shape index (κ1) is 19.3. The van der Waals surface area contributed by atoms with Crippen LogP contribution in [0.25, 0.3) is 0 Å². The Labute approximate surface area is 152 Å². The van der Waals surface area contributed by atoms with Crippen molar-refractivity contribution < 1.29 is 19.5 Å². The third-order valence-electron chi connectivity index (χ3n) is 3.95. The minimum absolute atomic E-state index is 0.273. The normalized spacial score (nSPS) is 11.3. The van der Waals surface area contributed by atoms with Crippen molar-refractivity contribution in [2.45, 2.75) is 19.4 Å². The van der Waals surface area contributed by atoms with Crippen molar-refractivity contribution in [1.82, 2.24) is 10.8 Å². The molecule has 3 amide bonds. The van der Waals surface area contributed by atoms with E-state index in [1.165, 1.54) is 5.48 Å². The number of rotatable bonds is 7. The molecule has 7 heteroatoms. The summed E-state index contributed by atoms with van der Waals surface area (Å²) < 4.78 is 5.14. The zero-order valence-electron chi connectivity index (χ0n) is 14.8. The predicted octanol–water partition coefficient (Wildman–Crippen LogP) is 2.35. The summed E-state index contributed by atoms with van der Waals surface area (Å²) in [5.41, 5.74) is 3.11. The van der Waals surface area contributed by atoms with Crippen LogP contribution in [-0.2, 0) is 11.2 Å². The molecule has 0 saturated heterocycles. The van der Waals surface area contributed by atoms with Crippen LogP contribution >= 0.6 is 0 Å². The van der Waals surface area contributed by atoms with Gasteiger partial charge in [-0.05, 0) is 36.8 Å². The maximum Gasteiger partial charge on any atom is 0.339 e. The average molecular weight is 357 g/mol. The summed E-state index contributed by atoms with van der Waals surface area (Å²) in [6.45, 7) is 2.28. The van der Waals surface area contributed by atoms with Crippen LogP contribution in [-0.4, -0.2) is 36.8 Å². The Hall–Kier alpha value is -3.06. The van der Waals surface area contributed by atoms with E-state index in [0.29, 0.717) is 24.4 Å². The highest BCUT2D eigenvalue weighted by atomic mass is 16.5. The van der Waals surface area contributed by atoms with Crippen molar-refractivity contribution in [3.63, 3.8) is 0 Å². The predicted molar refractivity (Wildman–Crippen MR) is 98.4 cm³/mol. The molecule has 2 aromatic rings. The van der Waals surface area contributed by atoms with Crippen LogP contribution in [0.1, 0.15) is 12.5 Å². The molecular weight excluding hydrogens is 334 g/mol. The fourth-order valence-corrected chi connectivity index (χ4v) is 2.66. The Bertz CT molecular complexity index is 719. The fourth-order valence-electron chi connectivity index (χ4n) is 2.66. The lowest BCUT2D eigenvalue weighted by molar-refractivity contribution is -0.120. The fraction of sp³-hybridized carbons (Fsp3) is 0.263. The molecule has 0 saturated carbocycles. The maximum absolute atomic E-state index is 13.1. The van der Waals surface area contributed by atoms with Gasteiger partial charge in [0.2, 0.25) is 5.91 Å². The molecule has 1 atom stereocenters. The molecule has 0 radical (unpaired) electrons. The number of nitrogens with one attached hydrogen (secondary N) is 2. The number of hydroxylamine groups is 1. The number of ether oxygens (including phenoxy) is 1. The number of carbonyl (C=O) groups is 2. The number of likely N-dealkylation sites (N-methyl/N-ethyl adjacent to an activating group) is 1. The summed E-state index contributed by atoms with van der Waals surface area (Å²) in [6.07, 6.45) is 0.305. The molecule has 3 N–H and O–H groups in total. The molecule has 0 fully saturated rings. The van der Waals surface area contributed by atoms with Crippen molar-refractivity contribution in [1.29, 1.82) is 0 Å². The average Bonchev–Trinajstić information content (AvgIpc) is 2.69. The van der Waals surface area contributed by atoms with E-state index in [0.717, 1.165) is 5.56 Å². The molecule has 2 aromatic carbocycles. The number of nitrogens with zero attached hydrogens (tertiary/aromatic N) is 1. The van der Waals surface area contributed by atoms with Gasteiger partial charge >= 0.3 is 6.03 Å². The Morgan fingerprint density at radius 2 is 1.77 bits per heavy atom. The van der Waals surface area contributed by atoms with Crippen LogP contribution < -0.4 is 20.4 Å². The van der Waals surface area contributed by atoms with Crippen molar-refractivity contribution in [3.05, 3.63) is 60.2 Å². The van der Waals surface area contributed by atoms with Crippen LogP contribution in [0, 0.1) is 0 Å². The highest BCUT2D eigenvalue weighted by Gasteiger charge is 2.26. The van der Waals surface area contributed by atoms with E-state index >= 15 is 0 Å². The van der Waals surface area contributed by atoms with Gasteiger partial charge in [0.1, 0.15) is 11.8 Å². The van der Waals surface area contributed by atoms with E-state index < -0.39 is 12.1 Å². The number of urea groups is 1. The smallest absolute Gasteiger partial charge is 0.339 e. The summed E-state index contributed by atoms with van der Waals surface area (Å²) in [5, 5.41) is 11.3. The molecule has 0 unspecified atom stereocenters. The van der Waals surface area contributed by atoms with Crippen LogP contribution in [0.5, 0.6) is 5.75 Å². The molecule has 26 heavy (non-hydrogen) atoms.